The maximum atomic E-state index is 2.40. The fourth-order valence-electron chi connectivity index (χ4n) is 7.77. The predicted octanol–water partition coefficient (Wildman–Crippen LogP) is 12.9. The van der Waals surface area contributed by atoms with Crippen LogP contribution < -0.4 is 0 Å². The summed E-state index contributed by atoms with van der Waals surface area (Å²) in [5.41, 5.74) is 14.5. The van der Waals surface area contributed by atoms with Crippen molar-refractivity contribution in [2.45, 2.75) is 0 Å². The van der Waals surface area contributed by atoms with Crippen molar-refractivity contribution in [1.29, 1.82) is 0 Å². The minimum Gasteiger partial charge on any atom is -0.309 e. The quantitative estimate of drug-likeness (QED) is 0.178. The topological polar surface area (TPSA) is 9.86 Å². The molecule has 2 nitrogen and oxygen atoms in total. The van der Waals surface area contributed by atoms with Crippen LogP contribution in [0.1, 0.15) is 0 Å². The van der Waals surface area contributed by atoms with E-state index < -0.39 is 0 Å². The third-order valence-corrected chi connectivity index (χ3v) is 10.1. The van der Waals surface area contributed by atoms with Crippen LogP contribution in [-0.4, -0.2) is 9.13 Å². The highest BCUT2D eigenvalue weighted by molar-refractivity contribution is 6.11. The average Bonchev–Trinajstić information content (AvgIpc) is 3.71. The van der Waals surface area contributed by atoms with E-state index in [4.69, 9.17) is 0 Å². The van der Waals surface area contributed by atoms with Gasteiger partial charge in [0.05, 0.1) is 22.1 Å². The molecule has 0 atom stereocenters. The Kier molecular flexibility index (Phi) is 6.53. The molecule has 10 aromatic rings. The summed E-state index contributed by atoms with van der Waals surface area (Å²) in [5, 5.41) is 5.04. The molecule has 0 aliphatic heterocycles. The Labute approximate surface area is 290 Å². The van der Waals surface area contributed by atoms with Gasteiger partial charge in [0.1, 0.15) is 0 Å². The minimum absolute atomic E-state index is 1.16. The molecule has 0 unspecified atom stereocenters. The lowest BCUT2D eigenvalue weighted by Crippen LogP contribution is -1.94. The molecule has 2 heteroatoms. The van der Waals surface area contributed by atoms with Crippen molar-refractivity contribution in [3.63, 3.8) is 0 Å². The van der Waals surface area contributed by atoms with Gasteiger partial charge in [0.25, 0.3) is 0 Å². The molecule has 2 aromatic heterocycles. The number of hydrogen-bond acceptors (Lipinski definition) is 0. The number of fused-ring (bicyclic) bond motifs is 6. The van der Waals surface area contributed by atoms with Crippen LogP contribution in [0.2, 0.25) is 0 Å². The fourth-order valence-corrected chi connectivity index (χ4v) is 7.77. The van der Waals surface area contributed by atoms with Crippen molar-refractivity contribution < 1.29 is 0 Å². The zero-order chi connectivity index (χ0) is 33.0. The van der Waals surface area contributed by atoms with Gasteiger partial charge in [-0.2, -0.15) is 0 Å². The molecule has 0 radical (unpaired) electrons. The Morgan fingerprint density at radius 1 is 0.220 bits per heavy atom. The zero-order valence-electron chi connectivity index (χ0n) is 27.4. The molecule has 8 aromatic carbocycles. The van der Waals surface area contributed by atoms with E-state index in [2.05, 4.69) is 203 Å². The second kappa shape index (κ2) is 11.5. The fraction of sp³-hybridized carbons (Fsp3) is 0. The van der Waals surface area contributed by atoms with E-state index in [1.54, 1.807) is 0 Å². The van der Waals surface area contributed by atoms with Crippen LogP contribution in [0.3, 0.4) is 0 Å². The Balaban J connectivity index is 1.08. The van der Waals surface area contributed by atoms with Gasteiger partial charge in [0.2, 0.25) is 0 Å². The van der Waals surface area contributed by atoms with E-state index >= 15 is 0 Å². The van der Waals surface area contributed by atoms with E-state index in [0.717, 1.165) is 5.69 Å². The summed E-state index contributed by atoms with van der Waals surface area (Å²) in [6, 6.07) is 70.4. The maximum absolute atomic E-state index is 2.40. The summed E-state index contributed by atoms with van der Waals surface area (Å²) in [4.78, 5) is 0. The van der Waals surface area contributed by atoms with Crippen LogP contribution in [0.4, 0.5) is 0 Å². The lowest BCUT2D eigenvalue weighted by molar-refractivity contribution is 1.18. The number of aromatic nitrogens is 2. The van der Waals surface area contributed by atoms with Crippen LogP contribution in [0.5, 0.6) is 0 Å². The summed E-state index contributed by atoms with van der Waals surface area (Å²) < 4.78 is 4.77. The molecular weight excluding hydrogens is 605 g/mol. The van der Waals surface area contributed by atoms with Gasteiger partial charge >= 0.3 is 0 Å². The largest absolute Gasteiger partial charge is 0.309 e. The molecule has 0 aliphatic carbocycles. The molecule has 2 heterocycles. The smallest absolute Gasteiger partial charge is 0.0541 e. The van der Waals surface area contributed by atoms with Crippen LogP contribution in [0, 0.1) is 0 Å². The summed E-state index contributed by atoms with van der Waals surface area (Å²) in [6.45, 7) is 0. The molecule has 0 fully saturated rings. The molecule has 50 heavy (non-hydrogen) atoms. The van der Waals surface area contributed by atoms with E-state index in [0.29, 0.717) is 0 Å². The molecule has 0 spiro atoms. The number of rotatable bonds is 5. The van der Waals surface area contributed by atoms with Crippen molar-refractivity contribution in [3.8, 4) is 44.8 Å². The van der Waals surface area contributed by atoms with Crippen LogP contribution in [-0.2, 0) is 0 Å². The Morgan fingerprint density at radius 2 is 0.620 bits per heavy atom. The Bertz CT molecular complexity index is 2860. The highest BCUT2D eigenvalue weighted by Crippen LogP contribution is 2.38. The summed E-state index contributed by atoms with van der Waals surface area (Å²) in [6.07, 6.45) is 0. The monoisotopic (exact) mass is 636 g/mol. The van der Waals surface area contributed by atoms with Crippen molar-refractivity contribution in [2.24, 2.45) is 0 Å². The van der Waals surface area contributed by atoms with Crippen LogP contribution in [0.15, 0.2) is 194 Å². The van der Waals surface area contributed by atoms with Gasteiger partial charge in [-0.25, -0.2) is 0 Å². The third-order valence-electron chi connectivity index (χ3n) is 10.1. The van der Waals surface area contributed by atoms with Crippen molar-refractivity contribution >= 4 is 43.6 Å². The van der Waals surface area contributed by atoms with Gasteiger partial charge < -0.3 is 9.13 Å². The van der Waals surface area contributed by atoms with Gasteiger partial charge in [-0.05, 0) is 100 Å². The second-order valence-electron chi connectivity index (χ2n) is 13.0. The molecule has 0 saturated heterocycles. The Morgan fingerprint density at radius 3 is 1.22 bits per heavy atom. The van der Waals surface area contributed by atoms with Crippen LogP contribution >= 0.6 is 0 Å². The highest BCUT2D eigenvalue weighted by atomic mass is 15.0. The first-order valence-corrected chi connectivity index (χ1v) is 17.2. The summed E-state index contributed by atoms with van der Waals surface area (Å²) >= 11 is 0. The number of benzene rings is 8. The molecule has 0 saturated carbocycles. The molecule has 234 valence electrons. The van der Waals surface area contributed by atoms with Gasteiger partial charge in [-0.3, -0.25) is 0 Å². The van der Waals surface area contributed by atoms with Crippen LogP contribution in [0.25, 0.3) is 88.4 Å². The van der Waals surface area contributed by atoms with Crippen molar-refractivity contribution in [2.75, 3.05) is 0 Å². The van der Waals surface area contributed by atoms with E-state index in [1.165, 1.54) is 82.7 Å². The molecular formula is C48H32N2. The first-order chi connectivity index (χ1) is 24.8. The Hall–Kier alpha value is -6.64. The molecule has 0 N–H and O–H groups in total. The van der Waals surface area contributed by atoms with Gasteiger partial charge in [0, 0.05) is 32.9 Å². The molecule has 0 amide bonds. The molecule has 10 rings (SSSR count). The maximum Gasteiger partial charge on any atom is 0.0541 e. The first kappa shape index (κ1) is 28.4. The van der Waals surface area contributed by atoms with Gasteiger partial charge in [-0.15, -0.1) is 0 Å². The standard InChI is InChI=1S/C48H32N2/c1-3-13-33(14-4-1)36-17-12-20-40(30-36)50-46-24-10-8-22-42(46)44-32-38(26-28-48(44)50)35-16-11-15-34(29-35)37-25-27-47-43(31-37)41-21-7-9-23-45(41)49(47)39-18-5-2-6-19-39/h1-32H. The van der Waals surface area contributed by atoms with Gasteiger partial charge in [-0.1, -0.05) is 127 Å². The van der Waals surface area contributed by atoms with Crippen molar-refractivity contribution in [1.82, 2.24) is 9.13 Å². The third kappa shape index (κ3) is 4.57. The summed E-state index contributed by atoms with van der Waals surface area (Å²) in [5.74, 6) is 0. The first-order valence-electron chi connectivity index (χ1n) is 17.2. The molecule has 0 bridgehead atoms. The number of hydrogen-bond donors (Lipinski definition) is 0. The van der Waals surface area contributed by atoms with E-state index in [9.17, 15) is 0 Å². The summed E-state index contributed by atoms with van der Waals surface area (Å²) in [7, 11) is 0. The lowest BCUT2D eigenvalue weighted by Gasteiger charge is -2.11. The predicted molar refractivity (Wildman–Crippen MR) is 211 cm³/mol. The highest BCUT2D eigenvalue weighted by Gasteiger charge is 2.16. The van der Waals surface area contributed by atoms with E-state index in [1.807, 2.05) is 0 Å². The van der Waals surface area contributed by atoms with Crippen molar-refractivity contribution in [3.05, 3.63) is 194 Å². The normalized spacial score (nSPS) is 11.6. The second-order valence-corrected chi connectivity index (χ2v) is 13.0. The minimum atomic E-state index is 1.16. The number of nitrogens with zero attached hydrogens (tertiary/aromatic N) is 2. The average molecular weight is 637 g/mol. The molecule has 0 aliphatic rings. The zero-order valence-corrected chi connectivity index (χ0v) is 27.4. The van der Waals surface area contributed by atoms with E-state index in [-0.39, 0.29) is 0 Å². The lowest BCUT2D eigenvalue weighted by atomic mass is 9.97. The number of para-hydroxylation sites is 3. The SMILES string of the molecule is c1ccc(-c2cccc(-n3c4ccccc4c4cc(-c5cccc(-c6ccc7c(c6)c6ccccc6n7-c6ccccc6)c5)ccc43)c2)cc1. The van der Waals surface area contributed by atoms with Gasteiger partial charge in [0.15, 0.2) is 0 Å².